The predicted octanol–water partition coefficient (Wildman–Crippen LogP) is 3.48. The van der Waals surface area contributed by atoms with Crippen molar-refractivity contribution in [3.05, 3.63) is 21.9 Å². The van der Waals surface area contributed by atoms with Gasteiger partial charge in [0.2, 0.25) is 0 Å². The molecule has 18 heavy (non-hydrogen) atoms. The molecule has 0 aliphatic heterocycles. The molecule has 0 radical (unpaired) electrons. The van der Waals surface area contributed by atoms with E-state index in [4.69, 9.17) is 10.8 Å². The second-order valence-electron chi connectivity index (χ2n) is 5.56. The Kier molecular flexibility index (Phi) is 4.07. The fourth-order valence-corrected chi connectivity index (χ4v) is 4.15. The fourth-order valence-electron chi connectivity index (χ4n) is 3.22. The SMILES string of the molecule is Cc1ccsc1C(N)CC1(CC(=O)O)CCCC1. The molecule has 1 heterocycles. The first-order valence-electron chi connectivity index (χ1n) is 6.54. The number of thiophene rings is 1. The van der Waals surface area contributed by atoms with Gasteiger partial charge in [-0.25, -0.2) is 0 Å². The number of nitrogens with two attached hydrogens (primary N) is 1. The van der Waals surface area contributed by atoms with E-state index in [2.05, 4.69) is 18.4 Å². The highest BCUT2D eigenvalue weighted by atomic mass is 32.1. The van der Waals surface area contributed by atoms with E-state index in [1.165, 1.54) is 10.4 Å². The van der Waals surface area contributed by atoms with Gasteiger partial charge in [-0.2, -0.15) is 0 Å². The zero-order valence-corrected chi connectivity index (χ0v) is 11.6. The summed E-state index contributed by atoms with van der Waals surface area (Å²) in [6.07, 6.45) is 5.38. The van der Waals surface area contributed by atoms with Gasteiger partial charge in [0.15, 0.2) is 0 Å². The van der Waals surface area contributed by atoms with Crippen molar-refractivity contribution >= 4 is 17.3 Å². The van der Waals surface area contributed by atoms with E-state index in [0.717, 1.165) is 32.1 Å². The molecule has 0 aromatic carbocycles. The molecule has 1 saturated carbocycles. The number of rotatable bonds is 5. The number of aliphatic carboxylic acids is 1. The Bertz CT molecular complexity index is 421. The molecule has 0 saturated heterocycles. The summed E-state index contributed by atoms with van der Waals surface area (Å²) in [6, 6.07) is 2.07. The number of carboxylic acid groups (broad SMARTS) is 1. The Labute approximate surface area is 112 Å². The van der Waals surface area contributed by atoms with Crippen LogP contribution >= 0.6 is 11.3 Å². The lowest BCUT2D eigenvalue weighted by atomic mass is 9.77. The van der Waals surface area contributed by atoms with Crippen molar-refractivity contribution in [2.45, 2.75) is 51.5 Å². The summed E-state index contributed by atoms with van der Waals surface area (Å²) in [6.45, 7) is 2.07. The van der Waals surface area contributed by atoms with Gasteiger partial charge in [0, 0.05) is 10.9 Å². The average molecular weight is 267 g/mol. The van der Waals surface area contributed by atoms with Gasteiger partial charge in [0.25, 0.3) is 0 Å². The van der Waals surface area contributed by atoms with Crippen LogP contribution in [0.1, 0.15) is 55.0 Å². The van der Waals surface area contributed by atoms with E-state index in [1.807, 2.05) is 0 Å². The number of aryl methyl sites for hydroxylation is 1. The summed E-state index contributed by atoms with van der Waals surface area (Å²) >= 11 is 1.69. The maximum absolute atomic E-state index is 11.1. The van der Waals surface area contributed by atoms with Gasteiger partial charge in [-0.05, 0) is 48.6 Å². The minimum absolute atomic E-state index is 0.0116. The van der Waals surface area contributed by atoms with Crippen molar-refractivity contribution in [2.24, 2.45) is 11.1 Å². The molecule has 1 atom stereocenters. The van der Waals surface area contributed by atoms with Gasteiger partial charge in [0.05, 0.1) is 6.42 Å². The average Bonchev–Trinajstić information content (AvgIpc) is 2.86. The summed E-state index contributed by atoms with van der Waals surface area (Å²) in [5.41, 5.74) is 7.46. The van der Waals surface area contributed by atoms with Crippen molar-refractivity contribution in [3.8, 4) is 0 Å². The van der Waals surface area contributed by atoms with Gasteiger partial charge in [-0.3, -0.25) is 4.79 Å². The molecule has 1 aromatic heterocycles. The largest absolute Gasteiger partial charge is 0.481 e. The van der Waals surface area contributed by atoms with E-state index in [9.17, 15) is 4.79 Å². The maximum Gasteiger partial charge on any atom is 0.303 e. The third-order valence-corrected chi connectivity index (χ3v) is 5.23. The monoisotopic (exact) mass is 267 g/mol. The minimum atomic E-state index is -0.688. The first-order chi connectivity index (χ1) is 8.52. The van der Waals surface area contributed by atoms with Crippen molar-refractivity contribution < 1.29 is 9.90 Å². The fraction of sp³-hybridized carbons (Fsp3) is 0.643. The Hall–Kier alpha value is -0.870. The van der Waals surface area contributed by atoms with Crippen LogP contribution in [0, 0.1) is 12.3 Å². The highest BCUT2D eigenvalue weighted by Gasteiger charge is 2.37. The van der Waals surface area contributed by atoms with Crippen LogP contribution in [0.25, 0.3) is 0 Å². The zero-order valence-electron chi connectivity index (χ0n) is 10.8. The summed E-state index contributed by atoms with van der Waals surface area (Å²) in [7, 11) is 0. The van der Waals surface area contributed by atoms with Gasteiger partial charge < -0.3 is 10.8 Å². The lowest BCUT2D eigenvalue weighted by Crippen LogP contribution is -2.26. The summed E-state index contributed by atoms with van der Waals surface area (Å²) < 4.78 is 0. The summed E-state index contributed by atoms with van der Waals surface area (Å²) in [5, 5.41) is 11.2. The molecule has 100 valence electrons. The van der Waals surface area contributed by atoms with E-state index in [0.29, 0.717) is 0 Å². The van der Waals surface area contributed by atoms with Crippen molar-refractivity contribution in [2.75, 3.05) is 0 Å². The normalized spacial score (nSPS) is 19.9. The number of hydrogen-bond acceptors (Lipinski definition) is 3. The Morgan fingerprint density at radius 2 is 2.22 bits per heavy atom. The van der Waals surface area contributed by atoms with Crippen LogP contribution in [0.4, 0.5) is 0 Å². The zero-order chi connectivity index (χ0) is 13.2. The Morgan fingerprint density at radius 3 is 2.72 bits per heavy atom. The van der Waals surface area contributed by atoms with E-state index < -0.39 is 5.97 Å². The van der Waals surface area contributed by atoms with Crippen LogP contribution in [0.2, 0.25) is 0 Å². The van der Waals surface area contributed by atoms with Crippen LogP contribution in [0.5, 0.6) is 0 Å². The highest BCUT2D eigenvalue weighted by Crippen LogP contribution is 2.47. The topological polar surface area (TPSA) is 63.3 Å². The van der Waals surface area contributed by atoms with Gasteiger partial charge in [-0.1, -0.05) is 12.8 Å². The molecule has 1 aliphatic rings. The van der Waals surface area contributed by atoms with Gasteiger partial charge >= 0.3 is 5.97 Å². The van der Waals surface area contributed by atoms with Crippen LogP contribution in [-0.4, -0.2) is 11.1 Å². The van der Waals surface area contributed by atoms with Gasteiger partial charge in [0.1, 0.15) is 0 Å². The third-order valence-electron chi connectivity index (χ3n) is 4.08. The molecule has 1 aromatic rings. The quantitative estimate of drug-likeness (QED) is 0.858. The molecule has 0 spiro atoms. The smallest absolute Gasteiger partial charge is 0.303 e. The van der Waals surface area contributed by atoms with Gasteiger partial charge in [-0.15, -0.1) is 11.3 Å². The van der Waals surface area contributed by atoms with Crippen LogP contribution < -0.4 is 5.73 Å². The van der Waals surface area contributed by atoms with E-state index >= 15 is 0 Å². The molecule has 2 rings (SSSR count). The van der Waals surface area contributed by atoms with Crippen molar-refractivity contribution in [1.82, 2.24) is 0 Å². The molecule has 1 unspecified atom stereocenters. The van der Waals surface area contributed by atoms with E-state index in [1.54, 1.807) is 11.3 Å². The molecular weight excluding hydrogens is 246 g/mol. The molecule has 4 heteroatoms. The second kappa shape index (κ2) is 5.41. The van der Waals surface area contributed by atoms with Crippen molar-refractivity contribution in [1.29, 1.82) is 0 Å². The number of hydrogen-bond donors (Lipinski definition) is 2. The number of carbonyl (C=O) groups is 1. The predicted molar refractivity (Wildman–Crippen MR) is 73.8 cm³/mol. The van der Waals surface area contributed by atoms with Crippen molar-refractivity contribution in [3.63, 3.8) is 0 Å². The summed E-state index contributed by atoms with van der Waals surface area (Å²) in [5.74, 6) is -0.688. The van der Waals surface area contributed by atoms with Crippen LogP contribution in [-0.2, 0) is 4.79 Å². The van der Waals surface area contributed by atoms with Crippen LogP contribution in [0.15, 0.2) is 11.4 Å². The first kappa shape index (κ1) is 13.6. The lowest BCUT2D eigenvalue weighted by molar-refractivity contribution is -0.139. The standard InChI is InChI=1S/C14H21NO2S/c1-10-4-7-18-13(10)11(15)8-14(9-12(16)17)5-2-3-6-14/h4,7,11H,2-3,5-6,8-9,15H2,1H3,(H,16,17). The molecular formula is C14H21NO2S. The maximum atomic E-state index is 11.1. The molecule has 3 N–H and O–H groups in total. The Balaban J connectivity index is 2.10. The highest BCUT2D eigenvalue weighted by molar-refractivity contribution is 7.10. The van der Waals surface area contributed by atoms with Crippen LogP contribution in [0.3, 0.4) is 0 Å². The molecule has 0 bridgehead atoms. The molecule has 1 aliphatic carbocycles. The number of carboxylic acids is 1. The molecule has 3 nitrogen and oxygen atoms in total. The first-order valence-corrected chi connectivity index (χ1v) is 7.42. The summed E-state index contributed by atoms with van der Waals surface area (Å²) in [4.78, 5) is 12.3. The van der Waals surface area contributed by atoms with E-state index in [-0.39, 0.29) is 17.9 Å². The third kappa shape index (κ3) is 2.93. The second-order valence-corrected chi connectivity index (χ2v) is 6.50. The lowest BCUT2D eigenvalue weighted by Gasteiger charge is -2.30. The minimum Gasteiger partial charge on any atom is -0.481 e. The molecule has 1 fully saturated rings. The molecule has 0 amide bonds. The Morgan fingerprint density at radius 1 is 1.56 bits per heavy atom.